The van der Waals surface area contributed by atoms with E-state index in [9.17, 15) is 24.3 Å². The number of ether oxygens (including phenoxy) is 1. The number of nitrogens with one attached hydrogen (secondary N) is 2. The van der Waals surface area contributed by atoms with Gasteiger partial charge in [0.25, 0.3) is 0 Å². The van der Waals surface area contributed by atoms with Crippen LogP contribution in [0.5, 0.6) is 0 Å². The zero-order valence-electron chi connectivity index (χ0n) is 21.1. The summed E-state index contributed by atoms with van der Waals surface area (Å²) in [5.74, 6) is -1.87. The Balaban J connectivity index is 1.54. The van der Waals surface area contributed by atoms with Gasteiger partial charge in [-0.15, -0.1) is 11.8 Å². The second-order valence-electron chi connectivity index (χ2n) is 8.84. The van der Waals surface area contributed by atoms with Crippen LogP contribution in [-0.4, -0.2) is 57.6 Å². The minimum Gasteiger partial charge on any atom is -0.479 e. The van der Waals surface area contributed by atoms with Gasteiger partial charge < -0.3 is 25.4 Å². The third-order valence-electron chi connectivity index (χ3n) is 6.22. The molecule has 10 heteroatoms. The smallest absolute Gasteiger partial charge is 0.340 e. The number of amides is 3. The summed E-state index contributed by atoms with van der Waals surface area (Å²) in [5.41, 5.74) is 2.01. The standard InChI is InChI=1S/C27H33N3O6S/c1-3-4-13-27(25(33)34)30(14-15-37-27)23(31)17-28-26(35)29-22-12-8-11-21(16-22)19(2)24(32)36-18-20-9-6-5-7-10-20/h5-12,16,19H,3-4,13-15,17-18H2,1-2H3,(H,33,34)(H2,28,29,35). The average Bonchev–Trinajstić information content (AvgIpc) is 3.35. The second kappa shape index (κ2) is 13.1. The molecular formula is C27H33N3O6S. The number of rotatable bonds is 11. The molecule has 2 aromatic rings. The molecular weight excluding hydrogens is 494 g/mol. The van der Waals surface area contributed by atoms with Gasteiger partial charge in [0, 0.05) is 18.0 Å². The van der Waals surface area contributed by atoms with Crippen LogP contribution in [0.25, 0.3) is 0 Å². The number of unbranched alkanes of at least 4 members (excludes halogenated alkanes) is 1. The van der Waals surface area contributed by atoms with Gasteiger partial charge in [-0.1, -0.05) is 55.8 Å². The summed E-state index contributed by atoms with van der Waals surface area (Å²) in [6.07, 6.45) is 1.87. The highest BCUT2D eigenvalue weighted by Gasteiger charge is 2.50. The molecule has 9 nitrogen and oxygen atoms in total. The van der Waals surface area contributed by atoms with Crippen molar-refractivity contribution in [2.45, 2.75) is 50.5 Å². The third kappa shape index (κ3) is 7.25. The van der Waals surface area contributed by atoms with Gasteiger partial charge in [-0.2, -0.15) is 0 Å². The van der Waals surface area contributed by atoms with Gasteiger partial charge in [-0.25, -0.2) is 9.59 Å². The van der Waals surface area contributed by atoms with Crippen molar-refractivity contribution in [3.63, 3.8) is 0 Å². The normalized spacial score (nSPS) is 17.6. The lowest BCUT2D eigenvalue weighted by Gasteiger charge is -2.33. The maximum Gasteiger partial charge on any atom is 0.340 e. The van der Waals surface area contributed by atoms with E-state index in [2.05, 4.69) is 10.6 Å². The molecule has 1 heterocycles. The van der Waals surface area contributed by atoms with Gasteiger partial charge in [0.1, 0.15) is 6.61 Å². The van der Waals surface area contributed by atoms with Crippen LogP contribution < -0.4 is 10.6 Å². The third-order valence-corrected chi connectivity index (χ3v) is 7.68. The first-order chi connectivity index (χ1) is 17.8. The predicted molar refractivity (Wildman–Crippen MR) is 142 cm³/mol. The zero-order valence-corrected chi connectivity index (χ0v) is 21.9. The number of nitrogens with zero attached hydrogens (tertiary/aromatic N) is 1. The molecule has 37 heavy (non-hydrogen) atoms. The summed E-state index contributed by atoms with van der Waals surface area (Å²) >= 11 is 1.26. The molecule has 1 saturated heterocycles. The Labute approximate surface area is 220 Å². The van der Waals surface area contributed by atoms with Crippen molar-refractivity contribution < 1.29 is 29.0 Å². The predicted octanol–water partition coefficient (Wildman–Crippen LogP) is 4.20. The average molecular weight is 528 g/mol. The first-order valence-corrected chi connectivity index (χ1v) is 13.3. The molecule has 0 spiro atoms. The molecule has 2 aromatic carbocycles. The Bertz CT molecular complexity index is 1110. The number of carboxylic acids is 1. The quantitative estimate of drug-likeness (QED) is 0.374. The van der Waals surface area contributed by atoms with Crippen LogP contribution in [-0.2, 0) is 25.7 Å². The number of esters is 1. The first-order valence-electron chi connectivity index (χ1n) is 12.3. The topological polar surface area (TPSA) is 125 Å². The van der Waals surface area contributed by atoms with E-state index in [1.807, 2.05) is 37.3 Å². The molecule has 3 rings (SSSR count). The van der Waals surface area contributed by atoms with Gasteiger partial charge >= 0.3 is 18.0 Å². The fourth-order valence-corrected chi connectivity index (χ4v) is 5.47. The Morgan fingerprint density at radius 3 is 2.59 bits per heavy atom. The van der Waals surface area contributed by atoms with Crippen molar-refractivity contribution in [1.29, 1.82) is 0 Å². The highest BCUT2D eigenvalue weighted by atomic mass is 32.2. The molecule has 1 fully saturated rings. The van der Waals surface area contributed by atoms with Gasteiger partial charge in [-0.05, 0) is 43.0 Å². The highest BCUT2D eigenvalue weighted by molar-refractivity contribution is 8.01. The molecule has 198 valence electrons. The molecule has 0 bridgehead atoms. The Morgan fingerprint density at radius 2 is 1.89 bits per heavy atom. The van der Waals surface area contributed by atoms with E-state index in [1.165, 1.54) is 16.7 Å². The van der Waals surface area contributed by atoms with Crippen molar-refractivity contribution in [3.05, 3.63) is 65.7 Å². The lowest BCUT2D eigenvalue weighted by Crippen LogP contribution is -2.54. The maximum atomic E-state index is 12.8. The summed E-state index contributed by atoms with van der Waals surface area (Å²) in [4.78, 5) is 49.9. The molecule has 2 unspecified atom stereocenters. The monoisotopic (exact) mass is 527 g/mol. The van der Waals surface area contributed by atoms with E-state index < -0.39 is 28.7 Å². The molecule has 3 amide bonds. The van der Waals surface area contributed by atoms with E-state index in [4.69, 9.17) is 4.74 Å². The fraction of sp³-hybridized carbons (Fsp3) is 0.407. The SMILES string of the molecule is CCCCC1(C(=O)O)SCCN1C(=O)CNC(=O)Nc1cccc(C(C)C(=O)OCc2ccccc2)c1. The molecule has 1 aliphatic heterocycles. The number of thioether (sulfide) groups is 1. The molecule has 0 radical (unpaired) electrons. The number of carbonyl (C=O) groups excluding carboxylic acids is 3. The van der Waals surface area contributed by atoms with Crippen molar-refractivity contribution >= 4 is 41.3 Å². The van der Waals surface area contributed by atoms with Crippen molar-refractivity contribution in [3.8, 4) is 0 Å². The van der Waals surface area contributed by atoms with Crippen LogP contribution in [0.1, 0.15) is 50.2 Å². The number of aliphatic carboxylic acids is 1. The van der Waals surface area contributed by atoms with E-state index in [0.717, 1.165) is 12.0 Å². The summed E-state index contributed by atoms with van der Waals surface area (Å²) < 4.78 is 5.41. The number of hydrogen-bond acceptors (Lipinski definition) is 6. The number of hydrogen-bond donors (Lipinski definition) is 3. The molecule has 1 aliphatic rings. The van der Waals surface area contributed by atoms with E-state index >= 15 is 0 Å². The van der Waals surface area contributed by atoms with Gasteiger partial charge in [0.15, 0.2) is 4.87 Å². The molecule has 0 saturated carbocycles. The second-order valence-corrected chi connectivity index (χ2v) is 10.2. The summed E-state index contributed by atoms with van der Waals surface area (Å²) in [6.45, 7) is 3.87. The minimum absolute atomic E-state index is 0.176. The molecule has 0 aliphatic carbocycles. The Kier molecular flexibility index (Phi) is 9.96. The van der Waals surface area contributed by atoms with Crippen LogP contribution in [0.15, 0.2) is 54.6 Å². The van der Waals surface area contributed by atoms with Gasteiger partial charge in [-0.3, -0.25) is 9.59 Å². The van der Waals surface area contributed by atoms with Crippen molar-refractivity contribution in [1.82, 2.24) is 10.2 Å². The maximum absolute atomic E-state index is 12.8. The Morgan fingerprint density at radius 1 is 1.14 bits per heavy atom. The van der Waals surface area contributed by atoms with Crippen LogP contribution >= 0.6 is 11.8 Å². The van der Waals surface area contributed by atoms with E-state index in [1.54, 1.807) is 31.2 Å². The van der Waals surface area contributed by atoms with Gasteiger partial charge in [0.05, 0.1) is 12.5 Å². The largest absolute Gasteiger partial charge is 0.479 e. The number of anilines is 1. The number of benzene rings is 2. The van der Waals surface area contributed by atoms with Crippen LogP contribution in [0.3, 0.4) is 0 Å². The number of urea groups is 1. The van der Waals surface area contributed by atoms with E-state index in [0.29, 0.717) is 36.4 Å². The van der Waals surface area contributed by atoms with Gasteiger partial charge in [0.2, 0.25) is 5.91 Å². The fourth-order valence-electron chi connectivity index (χ4n) is 4.10. The summed E-state index contributed by atoms with van der Waals surface area (Å²) in [5, 5.41) is 15.0. The summed E-state index contributed by atoms with van der Waals surface area (Å²) in [6, 6.07) is 15.6. The first kappa shape index (κ1) is 28.0. The zero-order chi connectivity index (χ0) is 26.8. The van der Waals surface area contributed by atoms with Crippen LogP contribution in [0.2, 0.25) is 0 Å². The summed E-state index contributed by atoms with van der Waals surface area (Å²) in [7, 11) is 0. The Hall–Kier alpha value is -3.53. The number of carbonyl (C=O) groups is 4. The van der Waals surface area contributed by atoms with Crippen LogP contribution in [0, 0.1) is 0 Å². The molecule has 0 aromatic heterocycles. The number of carboxylic acid groups (broad SMARTS) is 1. The van der Waals surface area contributed by atoms with Crippen molar-refractivity contribution in [2.24, 2.45) is 0 Å². The van der Waals surface area contributed by atoms with E-state index in [-0.39, 0.29) is 19.1 Å². The lowest BCUT2D eigenvalue weighted by atomic mass is 10.0. The van der Waals surface area contributed by atoms with Crippen LogP contribution in [0.4, 0.5) is 10.5 Å². The molecule has 3 N–H and O–H groups in total. The van der Waals surface area contributed by atoms with Crippen molar-refractivity contribution in [2.75, 3.05) is 24.2 Å². The lowest BCUT2D eigenvalue weighted by molar-refractivity contribution is -0.151. The highest BCUT2D eigenvalue weighted by Crippen LogP contribution is 2.40. The minimum atomic E-state index is -1.29. The molecule has 2 atom stereocenters.